The van der Waals surface area contributed by atoms with E-state index in [1.807, 2.05) is 0 Å². The van der Waals surface area contributed by atoms with Crippen LogP contribution in [0, 0.1) is 10.1 Å². The summed E-state index contributed by atoms with van der Waals surface area (Å²) in [6.45, 7) is 0. The van der Waals surface area contributed by atoms with E-state index in [0.717, 1.165) is 12.1 Å². The van der Waals surface area contributed by atoms with E-state index in [2.05, 4.69) is 9.47 Å². The van der Waals surface area contributed by atoms with Crippen LogP contribution in [-0.4, -0.2) is 17.5 Å². The van der Waals surface area contributed by atoms with Crippen LogP contribution in [0.5, 0.6) is 11.5 Å². The first kappa shape index (κ1) is 10.3. The minimum absolute atomic E-state index is 0.177. The van der Waals surface area contributed by atoms with E-state index < -0.39 is 28.4 Å². The van der Waals surface area contributed by atoms with Crippen LogP contribution in [-0.2, 0) is 0 Å². The first-order valence-electron chi connectivity index (χ1n) is 3.96. The molecule has 6 nitrogen and oxygen atoms in total. The number of nitrogens with zero attached hydrogens (tertiary/aromatic N) is 1. The Morgan fingerprint density at radius 1 is 1.38 bits per heavy atom. The summed E-state index contributed by atoms with van der Waals surface area (Å²) in [5.74, 6) is -1.02. The molecular weight excluding hydrogens is 228 g/mol. The largest absolute Gasteiger partial charge is 0.586 e. The average Bonchev–Trinajstić information content (AvgIpc) is 2.49. The molecule has 0 amide bonds. The van der Waals surface area contributed by atoms with Crippen LogP contribution in [0.1, 0.15) is 10.4 Å². The van der Waals surface area contributed by atoms with Crippen LogP contribution in [0.25, 0.3) is 0 Å². The Kier molecular flexibility index (Phi) is 2.00. The van der Waals surface area contributed by atoms with Gasteiger partial charge in [0.25, 0.3) is 5.69 Å². The van der Waals surface area contributed by atoms with Gasteiger partial charge in [0.15, 0.2) is 17.8 Å². The molecule has 0 N–H and O–H groups in total. The molecule has 0 saturated carbocycles. The first-order chi connectivity index (χ1) is 7.43. The Hall–Kier alpha value is -2.25. The molecule has 0 spiro atoms. The van der Waals surface area contributed by atoms with Gasteiger partial charge in [-0.3, -0.25) is 14.9 Å². The lowest BCUT2D eigenvalue weighted by Gasteiger charge is -2.04. The summed E-state index contributed by atoms with van der Waals surface area (Å²) < 4.78 is 33.4. The molecule has 1 aromatic carbocycles. The van der Waals surface area contributed by atoms with Crippen molar-refractivity contribution in [3.63, 3.8) is 0 Å². The highest BCUT2D eigenvalue weighted by molar-refractivity contribution is 5.83. The number of benzene rings is 1. The summed E-state index contributed by atoms with van der Waals surface area (Å²) in [6, 6.07) is 1.60. The average molecular weight is 231 g/mol. The van der Waals surface area contributed by atoms with Gasteiger partial charge in [0.1, 0.15) is 0 Å². The number of alkyl halides is 2. The summed E-state index contributed by atoms with van der Waals surface area (Å²) >= 11 is 0. The number of hydrogen-bond acceptors (Lipinski definition) is 5. The Balaban J connectivity index is 2.58. The third kappa shape index (κ3) is 1.53. The lowest BCUT2D eigenvalue weighted by Crippen LogP contribution is -2.26. The highest BCUT2D eigenvalue weighted by Crippen LogP contribution is 2.44. The number of rotatable bonds is 2. The van der Waals surface area contributed by atoms with Gasteiger partial charge in [-0.15, -0.1) is 8.78 Å². The zero-order valence-corrected chi connectivity index (χ0v) is 7.48. The van der Waals surface area contributed by atoms with Gasteiger partial charge in [0, 0.05) is 6.07 Å². The number of halogens is 2. The lowest BCUT2D eigenvalue weighted by atomic mass is 10.2. The van der Waals surface area contributed by atoms with Gasteiger partial charge in [-0.2, -0.15) is 0 Å². The van der Waals surface area contributed by atoms with E-state index >= 15 is 0 Å². The topological polar surface area (TPSA) is 78.7 Å². The van der Waals surface area contributed by atoms with Crippen LogP contribution < -0.4 is 9.47 Å². The summed E-state index contributed by atoms with van der Waals surface area (Å²) in [7, 11) is 0. The van der Waals surface area contributed by atoms with Crippen LogP contribution in [0.4, 0.5) is 14.5 Å². The fourth-order valence-electron chi connectivity index (χ4n) is 1.25. The summed E-state index contributed by atoms with van der Waals surface area (Å²) in [6.07, 6.45) is -3.73. The number of carbonyl (C=O) groups is 1. The number of carbonyl (C=O) groups excluding carboxylic acids is 1. The number of non-ortho nitro benzene ring substituents is 1. The highest BCUT2D eigenvalue weighted by atomic mass is 19.3. The standard InChI is InChI=1S/C8H3F2NO5/c9-8(10)15-6-2-5(11(13)14)1-4(3-12)7(6)16-8/h1-3H. The van der Waals surface area contributed by atoms with Crippen molar-refractivity contribution in [2.24, 2.45) is 0 Å². The number of aldehydes is 1. The van der Waals surface area contributed by atoms with E-state index in [9.17, 15) is 23.7 Å². The van der Waals surface area contributed by atoms with E-state index in [-0.39, 0.29) is 11.8 Å². The molecule has 16 heavy (non-hydrogen) atoms. The van der Waals surface area contributed by atoms with Crippen molar-refractivity contribution in [1.82, 2.24) is 0 Å². The molecule has 84 valence electrons. The maximum Gasteiger partial charge on any atom is 0.586 e. The van der Waals surface area contributed by atoms with Crippen molar-refractivity contribution < 1.29 is 28.0 Å². The first-order valence-corrected chi connectivity index (χ1v) is 3.96. The van der Waals surface area contributed by atoms with E-state index in [4.69, 9.17) is 0 Å². The molecule has 0 atom stereocenters. The van der Waals surface area contributed by atoms with Crippen LogP contribution in [0.2, 0.25) is 0 Å². The highest BCUT2D eigenvalue weighted by Gasteiger charge is 2.45. The van der Waals surface area contributed by atoms with Crippen molar-refractivity contribution >= 4 is 12.0 Å². The van der Waals surface area contributed by atoms with E-state index in [0.29, 0.717) is 0 Å². The number of ether oxygens (including phenoxy) is 2. The summed E-state index contributed by atoms with van der Waals surface area (Å²) in [5.41, 5.74) is -0.886. The van der Waals surface area contributed by atoms with Crippen molar-refractivity contribution in [3.8, 4) is 11.5 Å². The molecule has 0 aliphatic carbocycles. The van der Waals surface area contributed by atoms with Gasteiger partial charge >= 0.3 is 6.29 Å². The SMILES string of the molecule is O=Cc1cc([N+](=O)[O-])cc2c1OC(F)(F)O2. The molecule has 0 saturated heterocycles. The van der Waals surface area contributed by atoms with Gasteiger partial charge in [-0.1, -0.05) is 0 Å². The number of nitro benzene ring substituents is 1. The van der Waals surface area contributed by atoms with Gasteiger partial charge in [-0.25, -0.2) is 0 Å². The monoisotopic (exact) mass is 231 g/mol. The third-order valence-electron chi connectivity index (χ3n) is 1.86. The molecule has 2 rings (SSSR count). The zero-order valence-electron chi connectivity index (χ0n) is 7.48. The molecule has 1 aliphatic heterocycles. The summed E-state index contributed by atoms with van der Waals surface area (Å²) in [5, 5.41) is 10.4. The molecule has 1 aliphatic rings. The van der Waals surface area contributed by atoms with Gasteiger partial charge in [0.2, 0.25) is 0 Å². The predicted molar refractivity (Wildman–Crippen MR) is 44.7 cm³/mol. The smallest absolute Gasteiger partial charge is 0.395 e. The van der Waals surface area contributed by atoms with Gasteiger partial charge in [0.05, 0.1) is 16.6 Å². The minimum atomic E-state index is -3.91. The molecule has 1 aromatic rings. The molecule has 1 heterocycles. The van der Waals surface area contributed by atoms with Crippen LogP contribution in [0.3, 0.4) is 0 Å². The zero-order chi connectivity index (χ0) is 11.9. The molecule has 0 unspecified atom stereocenters. The van der Waals surface area contributed by atoms with Crippen LogP contribution >= 0.6 is 0 Å². The van der Waals surface area contributed by atoms with E-state index in [1.54, 1.807) is 0 Å². The Morgan fingerprint density at radius 2 is 2.06 bits per heavy atom. The lowest BCUT2D eigenvalue weighted by molar-refractivity contribution is -0.385. The predicted octanol–water partition coefficient (Wildman–Crippen LogP) is 1.73. The van der Waals surface area contributed by atoms with Crippen LogP contribution in [0.15, 0.2) is 12.1 Å². The second-order valence-corrected chi connectivity index (χ2v) is 2.90. The number of fused-ring (bicyclic) bond motifs is 1. The summed E-state index contributed by atoms with van der Waals surface area (Å²) in [4.78, 5) is 20.2. The quantitative estimate of drug-likeness (QED) is 0.440. The molecule has 8 heteroatoms. The molecular formula is C8H3F2NO5. The normalized spacial score (nSPS) is 15.9. The van der Waals surface area contributed by atoms with Crippen molar-refractivity contribution in [2.75, 3.05) is 0 Å². The van der Waals surface area contributed by atoms with E-state index in [1.165, 1.54) is 0 Å². The van der Waals surface area contributed by atoms with Crippen molar-refractivity contribution in [2.45, 2.75) is 6.29 Å². The second kappa shape index (κ2) is 3.12. The number of nitro groups is 1. The number of hydrogen-bond donors (Lipinski definition) is 0. The van der Waals surface area contributed by atoms with Crippen molar-refractivity contribution in [3.05, 3.63) is 27.8 Å². The maximum atomic E-state index is 12.7. The Bertz CT molecular complexity index is 488. The molecule has 0 aromatic heterocycles. The Morgan fingerprint density at radius 3 is 2.62 bits per heavy atom. The molecule has 0 bridgehead atoms. The van der Waals surface area contributed by atoms with Crippen molar-refractivity contribution in [1.29, 1.82) is 0 Å². The van der Waals surface area contributed by atoms with Gasteiger partial charge in [-0.05, 0) is 0 Å². The van der Waals surface area contributed by atoms with Gasteiger partial charge < -0.3 is 9.47 Å². The third-order valence-corrected chi connectivity index (χ3v) is 1.86. The second-order valence-electron chi connectivity index (χ2n) is 2.90. The minimum Gasteiger partial charge on any atom is -0.395 e. The Labute approximate surface area is 86.5 Å². The fourth-order valence-corrected chi connectivity index (χ4v) is 1.25. The molecule has 0 radical (unpaired) electrons. The molecule has 0 fully saturated rings. The fraction of sp³-hybridized carbons (Fsp3) is 0.125. The maximum absolute atomic E-state index is 12.7.